The molecule has 1 aromatic carbocycles. The van der Waals surface area contributed by atoms with Crippen LogP contribution in [0.25, 0.3) is 0 Å². The third kappa shape index (κ3) is 2.84. The van der Waals surface area contributed by atoms with Crippen molar-refractivity contribution < 1.29 is 13.9 Å². The lowest BCUT2D eigenvalue weighted by Crippen LogP contribution is -2.21. The van der Waals surface area contributed by atoms with Crippen LogP contribution >= 0.6 is 0 Å². The number of hydrogen-bond donors (Lipinski definition) is 0. The molecule has 0 aromatic heterocycles. The highest BCUT2D eigenvalue weighted by atomic mass is 19.1. The number of rotatable bonds is 3. The van der Waals surface area contributed by atoms with Gasteiger partial charge in [0.1, 0.15) is 17.3 Å². The van der Waals surface area contributed by atoms with Crippen LogP contribution in [0.4, 0.5) is 4.39 Å². The zero-order valence-corrected chi connectivity index (χ0v) is 10.0. The fourth-order valence-electron chi connectivity index (χ4n) is 2.44. The number of halogens is 1. The topological polar surface area (TPSA) is 26.3 Å². The first-order valence-electron chi connectivity index (χ1n) is 6.06. The minimum atomic E-state index is -0.274. The predicted molar refractivity (Wildman–Crippen MR) is 63.6 cm³/mol. The van der Waals surface area contributed by atoms with Gasteiger partial charge in [-0.3, -0.25) is 4.79 Å². The molecule has 1 fully saturated rings. The molecule has 2 rings (SSSR count). The third-order valence-corrected chi connectivity index (χ3v) is 3.39. The monoisotopic (exact) mass is 236 g/mol. The third-order valence-electron chi connectivity index (χ3n) is 3.39. The van der Waals surface area contributed by atoms with Gasteiger partial charge in [-0.2, -0.15) is 0 Å². The van der Waals surface area contributed by atoms with Crippen LogP contribution < -0.4 is 4.74 Å². The maximum absolute atomic E-state index is 13.2. The van der Waals surface area contributed by atoms with Crippen LogP contribution in [0.1, 0.15) is 31.2 Å². The van der Waals surface area contributed by atoms with Crippen molar-refractivity contribution in [3.8, 4) is 5.75 Å². The van der Waals surface area contributed by atoms with Crippen LogP contribution in [-0.4, -0.2) is 12.9 Å². The van der Waals surface area contributed by atoms with Crippen molar-refractivity contribution in [1.82, 2.24) is 0 Å². The molecule has 1 aliphatic carbocycles. The molecule has 1 atom stereocenters. The van der Waals surface area contributed by atoms with Gasteiger partial charge in [0.25, 0.3) is 0 Å². The van der Waals surface area contributed by atoms with Crippen LogP contribution in [0.3, 0.4) is 0 Å². The average Bonchev–Trinajstić information content (AvgIpc) is 2.32. The molecule has 92 valence electrons. The van der Waals surface area contributed by atoms with E-state index in [0.717, 1.165) is 24.8 Å². The van der Waals surface area contributed by atoms with Crippen molar-refractivity contribution >= 4 is 5.78 Å². The van der Waals surface area contributed by atoms with Crippen LogP contribution in [0.15, 0.2) is 18.2 Å². The summed E-state index contributed by atoms with van der Waals surface area (Å²) in [6.07, 6.45) is 4.27. The first-order chi connectivity index (χ1) is 8.20. The summed E-state index contributed by atoms with van der Waals surface area (Å²) in [5.41, 5.74) is 0.799. The normalized spacial score (nSPS) is 20.4. The number of Topliss-reactive ketones (excluding diaryl/α,β-unsaturated/α-hetero) is 1. The molecule has 2 nitrogen and oxygen atoms in total. The number of carbonyl (C=O) groups is 1. The lowest BCUT2D eigenvalue weighted by atomic mass is 9.83. The molecule has 0 heterocycles. The van der Waals surface area contributed by atoms with Crippen LogP contribution in [0, 0.1) is 11.7 Å². The molecule has 0 bridgehead atoms. The molecule has 0 aliphatic heterocycles. The standard InChI is InChI=1S/C14H17FO2/c1-17-14-7-6-12(15)9-11(14)8-10-4-2-3-5-13(10)16/h6-7,9-10H,2-5,8H2,1H3. The summed E-state index contributed by atoms with van der Waals surface area (Å²) in [5.74, 6) is 0.746. The van der Waals surface area contributed by atoms with E-state index in [4.69, 9.17) is 4.74 Å². The molecule has 0 radical (unpaired) electrons. The van der Waals surface area contributed by atoms with Crippen molar-refractivity contribution in [2.75, 3.05) is 7.11 Å². The second kappa shape index (κ2) is 5.30. The van der Waals surface area contributed by atoms with Crippen molar-refractivity contribution in [2.45, 2.75) is 32.1 Å². The fourth-order valence-corrected chi connectivity index (χ4v) is 2.44. The van der Waals surface area contributed by atoms with Crippen LogP contribution in [0.2, 0.25) is 0 Å². The summed E-state index contributed by atoms with van der Waals surface area (Å²) in [6, 6.07) is 4.48. The molecule has 17 heavy (non-hydrogen) atoms. The quantitative estimate of drug-likeness (QED) is 0.806. The van der Waals surface area contributed by atoms with Gasteiger partial charge in [-0.25, -0.2) is 4.39 Å². The van der Waals surface area contributed by atoms with Gasteiger partial charge in [-0.15, -0.1) is 0 Å². The largest absolute Gasteiger partial charge is 0.496 e. The van der Waals surface area contributed by atoms with Crippen LogP contribution in [0.5, 0.6) is 5.75 Å². The lowest BCUT2D eigenvalue weighted by molar-refractivity contribution is -0.124. The van der Waals surface area contributed by atoms with Gasteiger partial charge in [0.05, 0.1) is 7.11 Å². The van der Waals surface area contributed by atoms with Gasteiger partial charge in [0.15, 0.2) is 0 Å². The van der Waals surface area contributed by atoms with Gasteiger partial charge in [0.2, 0.25) is 0 Å². The summed E-state index contributed by atoms with van der Waals surface area (Å²) in [7, 11) is 1.57. The Hall–Kier alpha value is -1.38. The highest BCUT2D eigenvalue weighted by Crippen LogP contribution is 2.28. The molecule has 1 unspecified atom stereocenters. The Kier molecular flexibility index (Phi) is 3.77. The first kappa shape index (κ1) is 12.1. The van der Waals surface area contributed by atoms with Gasteiger partial charge in [-0.1, -0.05) is 6.42 Å². The van der Waals surface area contributed by atoms with Crippen molar-refractivity contribution in [1.29, 1.82) is 0 Å². The van der Waals surface area contributed by atoms with Crippen LogP contribution in [-0.2, 0) is 11.2 Å². The van der Waals surface area contributed by atoms with E-state index in [-0.39, 0.29) is 11.7 Å². The average molecular weight is 236 g/mol. The van der Waals surface area contributed by atoms with E-state index in [9.17, 15) is 9.18 Å². The SMILES string of the molecule is COc1ccc(F)cc1CC1CCCCC1=O. The van der Waals surface area contributed by atoms with E-state index in [2.05, 4.69) is 0 Å². The molecular formula is C14H17FO2. The maximum Gasteiger partial charge on any atom is 0.136 e. The predicted octanol–water partition coefficient (Wildman–Crippen LogP) is 3.14. The van der Waals surface area contributed by atoms with E-state index < -0.39 is 0 Å². The highest BCUT2D eigenvalue weighted by Gasteiger charge is 2.23. The Balaban J connectivity index is 2.16. The maximum atomic E-state index is 13.2. The minimum absolute atomic E-state index is 0.0412. The number of methoxy groups -OCH3 is 1. The number of ether oxygens (including phenoxy) is 1. The molecule has 0 saturated heterocycles. The van der Waals surface area contributed by atoms with Crippen molar-refractivity contribution in [3.63, 3.8) is 0 Å². The van der Waals surface area contributed by atoms with Gasteiger partial charge in [-0.05, 0) is 43.0 Å². The molecule has 3 heteroatoms. The molecule has 0 spiro atoms. The Morgan fingerprint density at radius 1 is 1.41 bits per heavy atom. The number of ketones is 1. The molecule has 1 saturated carbocycles. The van der Waals surface area contributed by atoms with E-state index >= 15 is 0 Å². The first-order valence-corrected chi connectivity index (χ1v) is 6.06. The number of hydrogen-bond acceptors (Lipinski definition) is 2. The lowest BCUT2D eigenvalue weighted by Gasteiger charge is -2.21. The molecule has 1 aromatic rings. The highest BCUT2D eigenvalue weighted by molar-refractivity contribution is 5.82. The van der Waals surface area contributed by atoms with Crippen molar-refractivity contribution in [2.24, 2.45) is 5.92 Å². The molecular weight excluding hydrogens is 219 g/mol. The van der Waals surface area contributed by atoms with E-state index in [1.807, 2.05) is 0 Å². The zero-order chi connectivity index (χ0) is 12.3. The molecule has 1 aliphatic rings. The summed E-state index contributed by atoms with van der Waals surface area (Å²) in [5, 5.41) is 0. The minimum Gasteiger partial charge on any atom is -0.496 e. The summed E-state index contributed by atoms with van der Waals surface area (Å²) < 4.78 is 18.4. The number of benzene rings is 1. The fraction of sp³-hybridized carbons (Fsp3) is 0.500. The summed E-state index contributed by atoms with van der Waals surface area (Å²) in [6.45, 7) is 0. The Labute approximate surface area is 101 Å². The second-order valence-electron chi connectivity index (χ2n) is 4.57. The van der Waals surface area contributed by atoms with Crippen molar-refractivity contribution in [3.05, 3.63) is 29.6 Å². The number of carbonyl (C=O) groups excluding carboxylic acids is 1. The van der Waals surface area contributed by atoms with Gasteiger partial charge < -0.3 is 4.74 Å². The second-order valence-corrected chi connectivity index (χ2v) is 4.57. The molecule has 0 amide bonds. The van der Waals surface area contributed by atoms with E-state index in [1.165, 1.54) is 12.1 Å². The Morgan fingerprint density at radius 2 is 2.24 bits per heavy atom. The smallest absolute Gasteiger partial charge is 0.136 e. The Morgan fingerprint density at radius 3 is 2.94 bits per heavy atom. The Bertz CT molecular complexity index is 415. The summed E-state index contributed by atoms with van der Waals surface area (Å²) in [4.78, 5) is 11.7. The zero-order valence-electron chi connectivity index (χ0n) is 10.0. The van der Waals surface area contributed by atoms with Gasteiger partial charge in [0, 0.05) is 12.3 Å². The van der Waals surface area contributed by atoms with E-state index in [1.54, 1.807) is 13.2 Å². The van der Waals surface area contributed by atoms with Gasteiger partial charge >= 0.3 is 0 Å². The summed E-state index contributed by atoms with van der Waals surface area (Å²) >= 11 is 0. The van der Waals surface area contributed by atoms with E-state index in [0.29, 0.717) is 24.4 Å². The molecule has 0 N–H and O–H groups in total.